The number of aryl methyl sites for hydroxylation is 1. The molecule has 1 aromatic heterocycles. The standard InChI is InChI=1S/C11H18N4O.ClH/c1-15-7-10(14-8-15)11(16)13-6-4-9-3-2-5-12-9;/h7-9,12H,2-6H2,1H3,(H,13,16);1H/t9-;/m1./s1. The molecule has 0 unspecified atom stereocenters. The number of amides is 1. The molecule has 17 heavy (non-hydrogen) atoms. The molecule has 6 heteroatoms. The molecule has 0 aliphatic carbocycles. The average molecular weight is 259 g/mol. The topological polar surface area (TPSA) is 59.0 Å². The normalized spacial score (nSPS) is 18.8. The van der Waals surface area contributed by atoms with Gasteiger partial charge >= 0.3 is 0 Å². The van der Waals surface area contributed by atoms with Crippen molar-refractivity contribution in [1.29, 1.82) is 0 Å². The van der Waals surface area contributed by atoms with E-state index in [1.807, 2.05) is 7.05 Å². The number of imidazole rings is 1. The maximum absolute atomic E-state index is 11.6. The second-order valence-electron chi connectivity index (χ2n) is 4.26. The molecule has 1 saturated heterocycles. The molecule has 0 aromatic carbocycles. The number of halogens is 1. The van der Waals surface area contributed by atoms with Crippen molar-refractivity contribution in [2.45, 2.75) is 25.3 Å². The van der Waals surface area contributed by atoms with E-state index < -0.39 is 0 Å². The number of hydrogen-bond acceptors (Lipinski definition) is 3. The minimum atomic E-state index is -0.0846. The third kappa shape index (κ3) is 4.02. The van der Waals surface area contributed by atoms with Crippen molar-refractivity contribution in [3.8, 4) is 0 Å². The van der Waals surface area contributed by atoms with Crippen molar-refractivity contribution in [1.82, 2.24) is 20.2 Å². The van der Waals surface area contributed by atoms with Gasteiger partial charge in [0.15, 0.2) is 0 Å². The molecule has 96 valence electrons. The van der Waals surface area contributed by atoms with Gasteiger partial charge in [0.1, 0.15) is 5.69 Å². The van der Waals surface area contributed by atoms with Crippen LogP contribution in [0.3, 0.4) is 0 Å². The predicted molar refractivity (Wildman–Crippen MR) is 68.4 cm³/mol. The third-order valence-electron chi connectivity index (χ3n) is 2.88. The Kier molecular flexibility index (Phi) is 5.44. The van der Waals surface area contributed by atoms with E-state index in [4.69, 9.17) is 0 Å². The molecule has 0 saturated carbocycles. The van der Waals surface area contributed by atoms with E-state index in [0.717, 1.165) is 13.0 Å². The van der Waals surface area contributed by atoms with E-state index >= 15 is 0 Å². The summed E-state index contributed by atoms with van der Waals surface area (Å²) in [6.07, 6.45) is 6.83. The molecule has 1 aromatic rings. The van der Waals surface area contributed by atoms with Crippen LogP contribution in [-0.2, 0) is 7.05 Å². The van der Waals surface area contributed by atoms with Crippen molar-refractivity contribution in [2.75, 3.05) is 13.1 Å². The fourth-order valence-corrected chi connectivity index (χ4v) is 1.98. The van der Waals surface area contributed by atoms with Crippen molar-refractivity contribution < 1.29 is 4.79 Å². The van der Waals surface area contributed by atoms with Gasteiger partial charge < -0.3 is 15.2 Å². The zero-order valence-corrected chi connectivity index (χ0v) is 10.8. The molecule has 2 rings (SSSR count). The summed E-state index contributed by atoms with van der Waals surface area (Å²) in [6, 6.07) is 0.573. The van der Waals surface area contributed by atoms with Gasteiger partial charge in [-0.1, -0.05) is 0 Å². The highest BCUT2D eigenvalue weighted by molar-refractivity contribution is 5.91. The van der Waals surface area contributed by atoms with Crippen LogP contribution in [-0.4, -0.2) is 34.6 Å². The zero-order valence-electron chi connectivity index (χ0n) is 9.98. The first-order valence-corrected chi connectivity index (χ1v) is 5.75. The second kappa shape index (κ2) is 6.61. The summed E-state index contributed by atoms with van der Waals surface area (Å²) in [6.45, 7) is 1.83. The van der Waals surface area contributed by atoms with E-state index in [1.165, 1.54) is 12.8 Å². The highest BCUT2D eigenvalue weighted by Gasteiger charge is 2.14. The molecule has 5 nitrogen and oxygen atoms in total. The van der Waals surface area contributed by atoms with Gasteiger partial charge in [-0.15, -0.1) is 12.4 Å². The quantitative estimate of drug-likeness (QED) is 0.837. The molecular formula is C11H19ClN4O. The summed E-state index contributed by atoms with van der Waals surface area (Å²) in [5.74, 6) is -0.0846. The Morgan fingerprint density at radius 3 is 3.12 bits per heavy atom. The van der Waals surface area contributed by atoms with Crippen molar-refractivity contribution in [2.24, 2.45) is 7.05 Å². The molecule has 2 N–H and O–H groups in total. The summed E-state index contributed by atoms with van der Waals surface area (Å²) >= 11 is 0. The number of nitrogens with zero attached hydrogens (tertiary/aromatic N) is 2. The summed E-state index contributed by atoms with van der Waals surface area (Å²) in [7, 11) is 1.85. The largest absolute Gasteiger partial charge is 0.351 e. The Bertz CT molecular complexity index is 360. The predicted octanol–water partition coefficient (Wildman–Crippen LogP) is 0.714. The molecule has 0 bridgehead atoms. The highest BCUT2D eigenvalue weighted by atomic mass is 35.5. The fourth-order valence-electron chi connectivity index (χ4n) is 1.98. The molecule has 1 aliphatic rings. The molecular weight excluding hydrogens is 240 g/mol. The van der Waals surface area contributed by atoms with Crippen molar-refractivity contribution in [3.63, 3.8) is 0 Å². The lowest BCUT2D eigenvalue weighted by atomic mass is 10.1. The van der Waals surface area contributed by atoms with Crippen LogP contribution >= 0.6 is 12.4 Å². The van der Waals surface area contributed by atoms with Crippen LogP contribution in [0.4, 0.5) is 0 Å². The summed E-state index contributed by atoms with van der Waals surface area (Å²) < 4.78 is 1.77. The highest BCUT2D eigenvalue weighted by Crippen LogP contribution is 2.07. The first-order chi connectivity index (χ1) is 7.75. The number of carbonyl (C=O) groups is 1. The van der Waals surface area contributed by atoms with Gasteiger partial charge in [0.25, 0.3) is 5.91 Å². The van der Waals surface area contributed by atoms with Gasteiger partial charge in [-0.2, -0.15) is 0 Å². The average Bonchev–Trinajstić information content (AvgIpc) is 2.89. The van der Waals surface area contributed by atoms with E-state index in [-0.39, 0.29) is 18.3 Å². The summed E-state index contributed by atoms with van der Waals surface area (Å²) in [4.78, 5) is 15.6. The van der Waals surface area contributed by atoms with Crippen LogP contribution in [0.5, 0.6) is 0 Å². The van der Waals surface area contributed by atoms with Gasteiger partial charge in [-0.25, -0.2) is 4.98 Å². The van der Waals surface area contributed by atoms with E-state index in [1.54, 1.807) is 17.1 Å². The molecule has 2 heterocycles. The van der Waals surface area contributed by atoms with Crippen LogP contribution in [0.25, 0.3) is 0 Å². The van der Waals surface area contributed by atoms with Crippen LogP contribution in [0.2, 0.25) is 0 Å². The Morgan fingerprint density at radius 1 is 1.71 bits per heavy atom. The lowest BCUT2D eigenvalue weighted by Crippen LogP contribution is -2.30. The lowest BCUT2D eigenvalue weighted by molar-refractivity contribution is 0.0947. The lowest BCUT2D eigenvalue weighted by Gasteiger charge is -2.09. The fraction of sp³-hybridized carbons (Fsp3) is 0.636. The van der Waals surface area contributed by atoms with E-state index in [9.17, 15) is 4.79 Å². The Morgan fingerprint density at radius 2 is 2.53 bits per heavy atom. The van der Waals surface area contributed by atoms with Gasteiger partial charge in [-0.05, 0) is 25.8 Å². The maximum Gasteiger partial charge on any atom is 0.271 e. The summed E-state index contributed by atoms with van der Waals surface area (Å²) in [5, 5.41) is 6.29. The second-order valence-corrected chi connectivity index (χ2v) is 4.26. The van der Waals surface area contributed by atoms with Crippen LogP contribution < -0.4 is 10.6 Å². The summed E-state index contributed by atoms with van der Waals surface area (Å²) in [5.41, 5.74) is 0.488. The zero-order chi connectivity index (χ0) is 11.4. The number of rotatable bonds is 4. The number of hydrogen-bond donors (Lipinski definition) is 2. The van der Waals surface area contributed by atoms with Crippen LogP contribution in [0.15, 0.2) is 12.5 Å². The van der Waals surface area contributed by atoms with Crippen molar-refractivity contribution in [3.05, 3.63) is 18.2 Å². The Balaban J connectivity index is 0.00000144. The third-order valence-corrected chi connectivity index (χ3v) is 2.88. The number of aromatic nitrogens is 2. The number of carbonyl (C=O) groups excluding carboxylic acids is 1. The molecule has 0 radical (unpaired) electrons. The SMILES string of the molecule is Cl.Cn1cnc(C(=O)NCC[C@H]2CCCN2)c1. The van der Waals surface area contributed by atoms with Gasteiger partial charge in [0, 0.05) is 25.8 Å². The minimum Gasteiger partial charge on any atom is -0.351 e. The molecule has 1 amide bonds. The van der Waals surface area contributed by atoms with Crippen LogP contribution in [0, 0.1) is 0 Å². The molecule has 1 aliphatic heterocycles. The number of nitrogens with one attached hydrogen (secondary N) is 2. The first-order valence-electron chi connectivity index (χ1n) is 5.75. The van der Waals surface area contributed by atoms with Crippen molar-refractivity contribution >= 4 is 18.3 Å². The van der Waals surface area contributed by atoms with E-state index in [2.05, 4.69) is 15.6 Å². The van der Waals surface area contributed by atoms with Crippen LogP contribution in [0.1, 0.15) is 29.8 Å². The molecule has 1 fully saturated rings. The molecule has 0 spiro atoms. The maximum atomic E-state index is 11.6. The molecule has 1 atom stereocenters. The smallest absolute Gasteiger partial charge is 0.271 e. The van der Waals surface area contributed by atoms with Gasteiger partial charge in [0.05, 0.1) is 6.33 Å². The Hall–Kier alpha value is -1.07. The Labute approximate surface area is 107 Å². The minimum absolute atomic E-state index is 0. The first kappa shape index (κ1) is 14.0. The van der Waals surface area contributed by atoms with Gasteiger partial charge in [0.2, 0.25) is 0 Å². The van der Waals surface area contributed by atoms with E-state index in [0.29, 0.717) is 18.3 Å². The van der Waals surface area contributed by atoms with Gasteiger partial charge in [-0.3, -0.25) is 4.79 Å². The monoisotopic (exact) mass is 258 g/mol.